The number of nitrogens with two attached hydrogens (primary N) is 1. The molecule has 7 heteroatoms. The lowest BCUT2D eigenvalue weighted by atomic mass is 10.1. The maximum Gasteiger partial charge on any atom is 0.261 e. The summed E-state index contributed by atoms with van der Waals surface area (Å²) in [5.74, 6) is 0.996. The molecule has 0 amide bonds. The third kappa shape index (κ3) is 4.47. The Morgan fingerprint density at radius 2 is 1.61 bits per heavy atom. The van der Waals surface area contributed by atoms with Gasteiger partial charge >= 0.3 is 0 Å². The lowest BCUT2D eigenvalue weighted by Gasteiger charge is -2.15. The zero-order valence-electron chi connectivity index (χ0n) is 15.6. The summed E-state index contributed by atoms with van der Waals surface area (Å²) >= 11 is 6.08. The van der Waals surface area contributed by atoms with Gasteiger partial charge in [-0.2, -0.15) is 0 Å². The highest BCUT2D eigenvalue weighted by Crippen LogP contribution is 2.30. The van der Waals surface area contributed by atoms with E-state index in [1.807, 2.05) is 32.0 Å². The van der Waals surface area contributed by atoms with Gasteiger partial charge in [0.2, 0.25) is 0 Å². The van der Waals surface area contributed by atoms with Crippen LogP contribution in [0.2, 0.25) is 5.02 Å². The largest absolute Gasteiger partial charge is 0.456 e. The van der Waals surface area contributed by atoms with Gasteiger partial charge in [0.1, 0.15) is 11.5 Å². The van der Waals surface area contributed by atoms with Crippen molar-refractivity contribution < 1.29 is 13.2 Å². The van der Waals surface area contributed by atoms with Crippen LogP contribution in [-0.2, 0) is 16.6 Å². The molecule has 0 saturated heterocycles. The van der Waals surface area contributed by atoms with Crippen molar-refractivity contribution in [3.05, 3.63) is 82.4 Å². The number of hydrogen-bond acceptors (Lipinski definition) is 4. The predicted octanol–water partition coefficient (Wildman–Crippen LogP) is 5.01. The molecule has 0 aliphatic carbocycles. The van der Waals surface area contributed by atoms with E-state index in [4.69, 9.17) is 22.1 Å². The van der Waals surface area contributed by atoms with Crippen molar-refractivity contribution in [2.45, 2.75) is 25.3 Å². The first kappa shape index (κ1) is 20.2. The average molecular weight is 417 g/mol. The van der Waals surface area contributed by atoms with Crippen molar-refractivity contribution >= 4 is 27.3 Å². The fourth-order valence-corrected chi connectivity index (χ4v) is 4.24. The lowest BCUT2D eigenvalue weighted by Crippen LogP contribution is -2.15. The van der Waals surface area contributed by atoms with Gasteiger partial charge in [-0.1, -0.05) is 35.9 Å². The predicted molar refractivity (Wildman–Crippen MR) is 113 cm³/mol. The molecular formula is C21H21ClN2O3S. The molecule has 3 aromatic carbocycles. The van der Waals surface area contributed by atoms with Crippen LogP contribution in [-0.4, -0.2) is 8.42 Å². The van der Waals surface area contributed by atoms with Gasteiger partial charge in [0, 0.05) is 6.54 Å². The molecule has 0 unspecified atom stereocenters. The fraction of sp³-hybridized carbons (Fsp3) is 0.143. The zero-order chi connectivity index (χ0) is 20.3. The summed E-state index contributed by atoms with van der Waals surface area (Å²) in [4.78, 5) is 0.140. The molecule has 3 aromatic rings. The van der Waals surface area contributed by atoms with E-state index in [9.17, 15) is 8.42 Å². The first-order chi connectivity index (χ1) is 13.3. The minimum Gasteiger partial charge on any atom is -0.456 e. The highest BCUT2D eigenvalue weighted by Gasteiger charge is 2.17. The van der Waals surface area contributed by atoms with Crippen LogP contribution in [0.1, 0.15) is 16.7 Å². The Hall–Kier alpha value is -2.54. The summed E-state index contributed by atoms with van der Waals surface area (Å²) in [6.45, 7) is 4.11. The van der Waals surface area contributed by atoms with Crippen LogP contribution in [0.25, 0.3) is 0 Å². The Bertz CT molecular complexity index is 1070. The standard InChI is InChI=1S/C21H21ClN2O3S/c1-14-11-16(13-23)12-15(2)21(14)24-28(25,26)18-9-7-17(8-10-18)27-20-6-4-3-5-19(20)22/h3-12,24H,13,23H2,1-2H3. The minimum atomic E-state index is -3.74. The summed E-state index contributed by atoms with van der Waals surface area (Å²) in [5.41, 5.74) is 8.84. The number of nitrogens with one attached hydrogen (secondary N) is 1. The Balaban J connectivity index is 1.82. The van der Waals surface area contributed by atoms with Crippen LogP contribution < -0.4 is 15.2 Å². The third-order valence-corrected chi connectivity index (χ3v) is 5.94. The Labute approximate surface area is 170 Å². The highest BCUT2D eigenvalue weighted by molar-refractivity contribution is 7.92. The van der Waals surface area contributed by atoms with Crippen LogP contribution in [0.4, 0.5) is 5.69 Å². The topological polar surface area (TPSA) is 81.4 Å². The van der Waals surface area contributed by atoms with Crippen molar-refractivity contribution in [3.63, 3.8) is 0 Å². The average Bonchev–Trinajstić information content (AvgIpc) is 2.67. The van der Waals surface area contributed by atoms with Gasteiger partial charge in [-0.3, -0.25) is 4.72 Å². The van der Waals surface area contributed by atoms with Gasteiger partial charge in [0.15, 0.2) is 0 Å². The molecule has 0 bridgehead atoms. The molecule has 0 radical (unpaired) electrons. The molecule has 3 rings (SSSR count). The molecule has 3 N–H and O–H groups in total. The lowest BCUT2D eigenvalue weighted by molar-refractivity contribution is 0.482. The number of rotatable bonds is 6. The maximum atomic E-state index is 12.8. The van der Waals surface area contributed by atoms with Gasteiger partial charge < -0.3 is 10.5 Å². The van der Waals surface area contributed by atoms with E-state index in [0.717, 1.165) is 16.7 Å². The minimum absolute atomic E-state index is 0.140. The molecule has 146 valence electrons. The second-order valence-corrected chi connectivity index (χ2v) is 8.51. The van der Waals surface area contributed by atoms with Crippen LogP contribution in [0.5, 0.6) is 11.5 Å². The van der Waals surface area contributed by atoms with Crippen LogP contribution in [0.3, 0.4) is 0 Å². The van der Waals surface area contributed by atoms with E-state index >= 15 is 0 Å². The van der Waals surface area contributed by atoms with Crippen LogP contribution in [0, 0.1) is 13.8 Å². The normalized spacial score (nSPS) is 11.3. The van der Waals surface area contributed by atoms with Crippen molar-refractivity contribution in [2.75, 3.05) is 4.72 Å². The molecule has 0 aliphatic heterocycles. The highest BCUT2D eigenvalue weighted by atomic mass is 35.5. The molecule has 28 heavy (non-hydrogen) atoms. The molecule has 0 spiro atoms. The quantitative estimate of drug-likeness (QED) is 0.591. The number of hydrogen-bond donors (Lipinski definition) is 2. The molecule has 0 heterocycles. The number of halogens is 1. The summed E-state index contributed by atoms with van der Waals surface area (Å²) in [7, 11) is -3.74. The summed E-state index contributed by atoms with van der Waals surface area (Å²) in [5, 5.41) is 0.479. The number of anilines is 1. The molecule has 0 saturated carbocycles. The maximum absolute atomic E-state index is 12.8. The van der Waals surface area contributed by atoms with E-state index in [1.54, 1.807) is 30.3 Å². The first-order valence-corrected chi connectivity index (χ1v) is 10.5. The molecule has 5 nitrogen and oxygen atoms in total. The number of aryl methyl sites for hydroxylation is 2. The van der Waals surface area contributed by atoms with Crippen molar-refractivity contribution in [1.82, 2.24) is 0 Å². The Morgan fingerprint density at radius 3 is 2.18 bits per heavy atom. The van der Waals surface area contributed by atoms with Crippen molar-refractivity contribution in [2.24, 2.45) is 5.73 Å². The van der Waals surface area contributed by atoms with Crippen LogP contribution >= 0.6 is 11.6 Å². The number of sulfonamides is 1. The number of ether oxygens (including phenoxy) is 1. The Morgan fingerprint density at radius 1 is 1.00 bits per heavy atom. The smallest absolute Gasteiger partial charge is 0.261 e. The van der Waals surface area contributed by atoms with Crippen molar-refractivity contribution in [1.29, 1.82) is 0 Å². The van der Waals surface area contributed by atoms with Crippen LogP contribution in [0.15, 0.2) is 65.6 Å². The van der Waals surface area contributed by atoms with Gasteiger partial charge in [0.25, 0.3) is 10.0 Å². The molecule has 0 fully saturated rings. The second kappa shape index (κ2) is 8.22. The monoisotopic (exact) mass is 416 g/mol. The van der Waals surface area contributed by atoms with E-state index in [-0.39, 0.29) is 4.90 Å². The van der Waals surface area contributed by atoms with E-state index in [2.05, 4.69) is 4.72 Å². The Kier molecular flexibility index (Phi) is 5.93. The SMILES string of the molecule is Cc1cc(CN)cc(C)c1NS(=O)(=O)c1ccc(Oc2ccccc2Cl)cc1. The van der Waals surface area contributed by atoms with Crippen molar-refractivity contribution in [3.8, 4) is 11.5 Å². The fourth-order valence-electron chi connectivity index (χ4n) is 2.87. The summed E-state index contributed by atoms with van der Waals surface area (Å²) in [6.07, 6.45) is 0. The first-order valence-electron chi connectivity index (χ1n) is 8.65. The molecule has 0 atom stereocenters. The van der Waals surface area contributed by atoms with Gasteiger partial charge in [-0.15, -0.1) is 0 Å². The zero-order valence-corrected chi connectivity index (χ0v) is 17.1. The van der Waals surface area contributed by atoms with E-state index in [0.29, 0.717) is 28.8 Å². The number of para-hydroxylation sites is 1. The number of benzene rings is 3. The third-order valence-electron chi connectivity index (χ3n) is 4.26. The molecular weight excluding hydrogens is 396 g/mol. The van der Waals surface area contributed by atoms with Gasteiger partial charge in [0.05, 0.1) is 15.6 Å². The summed E-state index contributed by atoms with van der Waals surface area (Å²) < 4.78 is 33.9. The second-order valence-electron chi connectivity index (χ2n) is 6.42. The molecule has 0 aromatic heterocycles. The summed E-state index contributed by atoms with van der Waals surface area (Å²) in [6, 6.07) is 17.0. The van der Waals surface area contributed by atoms with Gasteiger partial charge in [-0.25, -0.2) is 8.42 Å². The van der Waals surface area contributed by atoms with E-state index in [1.165, 1.54) is 12.1 Å². The van der Waals surface area contributed by atoms with Gasteiger partial charge in [-0.05, 0) is 66.9 Å². The molecule has 0 aliphatic rings. The van der Waals surface area contributed by atoms with E-state index < -0.39 is 10.0 Å².